The molecular weight excluding hydrogens is 420 g/mol. The van der Waals surface area contributed by atoms with Crippen LogP contribution in [0.15, 0.2) is 28.8 Å². The van der Waals surface area contributed by atoms with Crippen molar-refractivity contribution in [1.29, 1.82) is 0 Å². The van der Waals surface area contributed by atoms with E-state index in [0.717, 1.165) is 29.4 Å². The second-order valence-electron chi connectivity index (χ2n) is 9.28. The van der Waals surface area contributed by atoms with Crippen molar-refractivity contribution >= 4 is 21.9 Å². The zero-order valence-corrected chi connectivity index (χ0v) is 17.7. The number of carbonyl (C=O) groups excluding carboxylic acids is 1. The van der Waals surface area contributed by atoms with Gasteiger partial charge in [0.05, 0.1) is 6.42 Å². The Morgan fingerprint density at radius 2 is 2.00 bits per heavy atom. The Kier molecular flexibility index (Phi) is 4.38. The molecule has 4 aliphatic carbocycles. The highest BCUT2D eigenvalue weighted by atomic mass is 79.9. The molecule has 0 saturated heterocycles. The number of hydrogen-bond acceptors (Lipinski definition) is 5. The van der Waals surface area contributed by atoms with Crippen LogP contribution in [0.4, 0.5) is 0 Å². The number of nitrogens with zero attached hydrogens (tertiary/aromatic N) is 2. The average Bonchev–Trinajstić information content (AvgIpc) is 3.06. The SMILES string of the molecule is Cc1ccccc1-c1noc(COC(=O)CC23CC4CC(CC(Br)(C4)C2)C3)n1. The van der Waals surface area contributed by atoms with Crippen molar-refractivity contribution in [3.05, 3.63) is 35.7 Å². The van der Waals surface area contributed by atoms with E-state index in [0.29, 0.717) is 18.1 Å². The molecule has 0 radical (unpaired) electrons. The summed E-state index contributed by atoms with van der Waals surface area (Å²) in [5, 5.41) is 4.03. The van der Waals surface area contributed by atoms with Gasteiger partial charge in [-0.15, -0.1) is 0 Å². The van der Waals surface area contributed by atoms with Gasteiger partial charge in [0.2, 0.25) is 5.82 Å². The van der Waals surface area contributed by atoms with Crippen molar-refractivity contribution in [2.45, 2.75) is 62.8 Å². The van der Waals surface area contributed by atoms with E-state index in [2.05, 4.69) is 26.1 Å². The van der Waals surface area contributed by atoms with Crippen molar-refractivity contribution in [1.82, 2.24) is 10.1 Å². The van der Waals surface area contributed by atoms with Gasteiger partial charge in [-0.25, -0.2) is 0 Å². The summed E-state index contributed by atoms with van der Waals surface area (Å²) in [6.45, 7) is 2.05. The Morgan fingerprint density at radius 3 is 2.71 bits per heavy atom. The molecule has 2 unspecified atom stereocenters. The first-order valence-electron chi connectivity index (χ1n) is 10.2. The Hall–Kier alpha value is -1.69. The van der Waals surface area contributed by atoms with Gasteiger partial charge in [0, 0.05) is 9.89 Å². The van der Waals surface area contributed by atoms with Crippen LogP contribution in [0.3, 0.4) is 0 Å². The third kappa shape index (κ3) is 3.40. The van der Waals surface area contributed by atoms with Crippen LogP contribution in [0.5, 0.6) is 0 Å². The number of aromatic nitrogens is 2. The summed E-state index contributed by atoms with van der Waals surface area (Å²) in [5.41, 5.74) is 2.13. The number of halogens is 1. The molecule has 6 heteroatoms. The van der Waals surface area contributed by atoms with Crippen molar-refractivity contribution in [2.24, 2.45) is 17.3 Å². The highest BCUT2D eigenvalue weighted by Crippen LogP contribution is 2.65. The number of alkyl halides is 1. The number of esters is 1. The summed E-state index contributed by atoms with van der Waals surface area (Å²) < 4.78 is 11.1. The minimum absolute atomic E-state index is 0.0418. The second kappa shape index (κ2) is 6.68. The van der Waals surface area contributed by atoms with Gasteiger partial charge in [0.15, 0.2) is 6.61 Å². The largest absolute Gasteiger partial charge is 0.456 e. The molecule has 4 bridgehead atoms. The summed E-state index contributed by atoms with van der Waals surface area (Å²) in [4.78, 5) is 17.0. The van der Waals surface area contributed by atoms with Gasteiger partial charge in [0.1, 0.15) is 0 Å². The standard InChI is InChI=1S/C22H25BrN2O3/c1-14-4-2-3-5-17(14)20-24-18(28-25-20)12-27-19(26)11-21-7-15-6-16(8-21)10-22(23,9-15)13-21/h2-5,15-16H,6-13H2,1H3. The third-order valence-corrected chi connectivity index (χ3v) is 7.77. The van der Waals surface area contributed by atoms with Crippen LogP contribution >= 0.6 is 15.9 Å². The van der Waals surface area contributed by atoms with Crippen molar-refractivity contribution < 1.29 is 14.1 Å². The Morgan fingerprint density at radius 1 is 1.25 bits per heavy atom. The second-order valence-corrected chi connectivity index (χ2v) is 11.0. The van der Waals surface area contributed by atoms with E-state index in [1.54, 1.807) is 0 Å². The molecule has 5 nitrogen and oxygen atoms in total. The first-order valence-corrected chi connectivity index (χ1v) is 10.9. The predicted molar refractivity (Wildman–Crippen MR) is 108 cm³/mol. The molecule has 2 atom stereocenters. The van der Waals surface area contributed by atoms with Gasteiger partial charge >= 0.3 is 5.97 Å². The molecule has 0 spiro atoms. The number of ether oxygens (including phenoxy) is 1. The molecule has 6 rings (SSSR count). The lowest BCUT2D eigenvalue weighted by Gasteiger charge is -2.60. The quantitative estimate of drug-likeness (QED) is 0.467. The molecule has 0 N–H and O–H groups in total. The smallest absolute Gasteiger partial charge is 0.306 e. The molecule has 4 fully saturated rings. The lowest BCUT2D eigenvalue weighted by Crippen LogP contribution is -2.53. The van der Waals surface area contributed by atoms with Crippen LogP contribution < -0.4 is 0 Å². The fourth-order valence-corrected chi connectivity index (χ4v) is 7.80. The number of hydrogen-bond donors (Lipinski definition) is 0. The molecule has 28 heavy (non-hydrogen) atoms. The summed E-state index contributed by atoms with van der Waals surface area (Å²) in [5.74, 6) is 2.26. The zero-order valence-electron chi connectivity index (χ0n) is 16.1. The molecule has 148 valence electrons. The third-order valence-electron chi connectivity index (χ3n) is 6.84. The van der Waals surface area contributed by atoms with Crippen LogP contribution in [0.1, 0.15) is 56.4 Å². The van der Waals surface area contributed by atoms with Crippen LogP contribution in [-0.4, -0.2) is 20.4 Å². The van der Waals surface area contributed by atoms with Gasteiger partial charge in [-0.05, 0) is 68.3 Å². The van der Waals surface area contributed by atoms with Gasteiger partial charge in [-0.1, -0.05) is 45.4 Å². The summed E-state index contributed by atoms with van der Waals surface area (Å²) in [6, 6.07) is 7.89. The van der Waals surface area contributed by atoms with Gasteiger partial charge < -0.3 is 9.26 Å². The molecule has 2 aromatic rings. The average molecular weight is 445 g/mol. The fraction of sp³-hybridized carbons (Fsp3) is 0.591. The summed E-state index contributed by atoms with van der Waals surface area (Å²) >= 11 is 4.00. The van der Waals surface area contributed by atoms with Gasteiger partial charge in [0.25, 0.3) is 5.89 Å². The maximum atomic E-state index is 12.6. The highest BCUT2D eigenvalue weighted by Gasteiger charge is 2.57. The Labute approximate surface area is 173 Å². The lowest BCUT2D eigenvalue weighted by atomic mass is 9.49. The van der Waals surface area contributed by atoms with Gasteiger partial charge in [-0.3, -0.25) is 4.79 Å². The van der Waals surface area contributed by atoms with E-state index in [1.807, 2.05) is 31.2 Å². The molecule has 4 aliphatic rings. The fourth-order valence-electron chi connectivity index (χ4n) is 6.29. The minimum Gasteiger partial charge on any atom is -0.456 e. The topological polar surface area (TPSA) is 65.2 Å². The van der Waals surface area contributed by atoms with Crippen LogP contribution in [-0.2, 0) is 16.1 Å². The van der Waals surface area contributed by atoms with Crippen molar-refractivity contribution in [2.75, 3.05) is 0 Å². The molecule has 0 amide bonds. The minimum atomic E-state index is -0.145. The lowest BCUT2D eigenvalue weighted by molar-refractivity contribution is -0.153. The number of aryl methyl sites for hydroxylation is 1. The Balaban J connectivity index is 1.21. The molecule has 1 aromatic heterocycles. The number of carbonyl (C=O) groups is 1. The van der Waals surface area contributed by atoms with Crippen LogP contribution in [0, 0.1) is 24.2 Å². The van der Waals surface area contributed by atoms with E-state index >= 15 is 0 Å². The molecule has 1 heterocycles. The van der Waals surface area contributed by atoms with Crippen molar-refractivity contribution in [3.8, 4) is 11.4 Å². The molecular formula is C22H25BrN2O3. The van der Waals surface area contributed by atoms with Crippen LogP contribution in [0.25, 0.3) is 11.4 Å². The summed E-state index contributed by atoms with van der Waals surface area (Å²) in [6.07, 6.45) is 7.82. The maximum Gasteiger partial charge on any atom is 0.306 e. The first-order chi connectivity index (χ1) is 13.4. The summed E-state index contributed by atoms with van der Waals surface area (Å²) in [7, 11) is 0. The van der Waals surface area contributed by atoms with E-state index in [4.69, 9.17) is 9.26 Å². The zero-order chi connectivity index (χ0) is 19.4. The number of rotatable bonds is 5. The maximum absolute atomic E-state index is 12.6. The molecule has 4 saturated carbocycles. The van der Waals surface area contributed by atoms with E-state index < -0.39 is 0 Å². The van der Waals surface area contributed by atoms with E-state index in [-0.39, 0.29) is 22.3 Å². The van der Waals surface area contributed by atoms with Crippen molar-refractivity contribution in [3.63, 3.8) is 0 Å². The van der Waals surface area contributed by atoms with Crippen LogP contribution in [0.2, 0.25) is 0 Å². The Bertz CT molecular complexity index is 895. The first kappa shape index (κ1) is 18.3. The normalized spacial score (nSPS) is 33.2. The van der Waals surface area contributed by atoms with E-state index in [9.17, 15) is 4.79 Å². The molecule has 1 aromatic carbocycles. The van der Waals surface area contributed by atoms with Gasteiger partial charge in [-0.2, -0.15) is 4.98 Å². The highest BCUT2D eigenvalue weighted by molar-refractivity contribution is 9.10. The predicted octanol–water partition coefficient (Wildman–Crippen LogP) is 5.21. The molecule has 0 aliphatic heterocycles. The number of benzene rings is 1. The van der Waals surface area contributed by atoms with E-state index in [1.165, 1.54) is 32.1 Å². The monoisotopic (exact) mass is 444 g/mol.